The molecule has 2 atom stereocenters. The first kappa shape index (κ1) is 21.6. The van der Waals surface area contributed by atoms with Crippen molar-refractivity contribution in [2.24, 2.45) is 5.92 Å². The summed E-state index contributed by atoms with van der Waals surface area (Å²) < 4.78 is 18.6. The fourth-order valence-corrected chi connectivity index (χ4v) is 4.38. The first-order valence-electron chi connectivity index (χ1n) is 10.9. The second-order valence-electron chi connectivity index (χ2n) is 8.46. The van der Waals surface area contributed by atoms with E-state index < -0.39 is 5.97 Å². The Hall–Kier alpha value is -2.64. The number of carbonyl (C=O) groups is 1. The van der Waals surface area contributed by atoms with Gasteiger partial charge in [0, 0.05) is 35.9 Å². The molecule has 0 saturated carbocycles. The van der Waals surface area contributed by atoms with E-state index in [9.17, 15) is 14.7 Å². The summed E-state index contributed by atoms with van der Waals surface area (Å²) in [6, 6.07) is 5.46. The van der Waals surface area contributed by atoms with E-state index in [0.29, 0.717) is 24.5 Å². The predicted molar refractivity (Wildman–Crippen MR) is 115 cm³/mol. The Morgan fingerprint density at radius 3 is 2.77 bits per heavy atom. The molecule has 2 aliphatic rings. The number of esters is 1. The molecule has 0 spiro atoms. The number of ether oxygens (including phenoxy) is 3. The van der Waals surface area contributed by atoms with Crippen molar-refractivity contribution in [3.8, 4) is 17.0 Å². The number of nitrogens with zero attached hydrogens (tertiary/aromatic N) is 1. The van der Waals surface area contributed by atoms with Gasteiger partial charge in [0.1, 0.15) is 17.4 Å². The molecule has 0 radical (unpaired) electrons. The molecule has 1 saturated heterocycles. The van der Waals surface area contributed by atoms with Crippen LogP contribution in [0.1, 0.15) is 54.7 Å². The first-order valence-corrected chi connectivity index (χ1v) is 10.9. The van der Waals surface area contributed by atoms with Crippen molar-refractivity contribution in [1.29, 1.82) is 0 Å². The summed E-state index contributed by atoms with van der Waals surface area (Å²) in [5.74, 6) is 0.336. The Morgan fingerprint density at radius 2 is 2.13 bits per heavy atom. The number of aliphatic hydroxyl groups excluding tert-OH is 1. The van der Waals surface area contributed by atoms with Gasteiger partial charge in [-0.25, -0.2) is 4.79 Å². The summed E-state index contributed by atoms with van der Waals surface area (Å²) >= 11 is 0. The number of hydrogen-bond donors (Lipinski definition) is 1. The van der Waals surface area contributed by atoms with Crippen LogP contribution in [0.15, 0.2) is 29.2 Å². The van der Waals surface area contributed by atoms with E-state index >= 15 is 0 Å². The van der Waals surface area contributed by atoms with Crippen LogP contribution in [0.4, 0.5) is 0 Å². The molecule has 1 aromatic heterocycles. The van der Waals surface area contributed by atoms with Crippen molar-refractivity contribution in [2.75, 3.05) is 19.8 Å². The highest BCUT2D eigenvalue weighted by atomic mass is 16.5. The number of aromatic nitrogens is 1. The van der Waals surface area contributed by atoms with E-state index in [4.69, 9.17) is 14.2 Å². The SMILES string of the molecule is CCOC(=O)c1cn2c(cc1=O)-c1cc(CO)c(O[C@@H]3CCOC3)cc1C[C@H]2C(C)C. The number of carbonyl (C=O) groups excluding carboxylic acids is 1. The topological polar surface area (TPSA) is 87.0 Å². The van der Waals surface area contributed by atoms with Gasteiger partial charge in [-0.05, 0) is 37.0 Å². The molecule has 7 nitrogen and oxygen atoms in total. The van der Waals surface area contributed by atoms with Crippen molar-refractivity contribution in [3.05, 3.63) is 51.3 Å². The maximum Gasteiger partial charge on any atom is 0.343 e. The second kappa shape index (κ2) is 8.85. The second-order valence-corrected chi connectivity index (χ2v) is 8.46. The molecular weight excluding hydrogens is 398 g/mol. The Kier molecular flexibility index (Phi) is 6.16. The lowest BCUT2D eigenvalue weighted by Gasteiger charge is -2.34. The lowest BCUT2D eigenvalue weighted by molar-refractivity contribution is 0.0523. The van der Waals surface area contributed by atoms with E-state index in [1.54, 1.807) is 13.1 Å². The van der Waals surface area contributed by atoms with Gasteiger partial charge in [0.25, 0.3) is 0 Å². The highest BCUT2D eigenvalue weighted by Crippen LogP contribution is 2.40. The number of fused-ring (bicyclic) bond motifs is 3. The van der Waals surface area contributed by atoms with Gasteiger partial charge in [-0.3, -0.25) is 4.79 Å². The monoisotopic (exact) mass is 427 g/mol. The van der Waals surface area contributed by atoms with Crippen LogP contribution in [0.2, 0.25) is 0 Å². The highest BCUT2D eigenvalue weighted by molar-refractivity contribution is 5.89. The molecule has 0 amide bonds. The Bertz CT molecular complexity index is 1040. The maximum absolute atomic E-state index is 12.7. The third kappa shape index (κ3) is 4.12. The first-order chi connectivity index (χ1) is 14.9. The summed E-state index contributed by atoms with van der Waals surface area (Å²) in [4.78, 5) is 25.0. The van der Waals surface area contributed by atoms with Gasteiger partial charge in [-0.1, -0.05) is 13.8 Å². The molecule has 1 aromatic carbocycles. The van der Waals surface area contributed by atoms with Crippen LogP contribution in [0.3, 0.4) is 0 Å². The number of hydrogen-bond acceptors (Lipinski definition) is 6. The van der Waals surface area contributed by atoms with E-state index in [1.165, 1.54) is 6.07 Å². The molecule has 7 heteroatoms. The zero-order valence-electron chi connectivity index (χ0n) is 18.2. The average molecular weight is 427 g/mol. The third-order valence-corrected chi connectivity index (χ3v) is 6.05. The summed E-state index contributed by atoms with van der Waals surface area (Å²) in [7, 11) is 0. The Labute approximate surface area is 181 Å². The van der Waals surface area contributed by atoms with Gasteiger partial charge >= 0.3 is 5.97 Å². The zero-order valence-corrected chi connectivity index (χ0v) is 18.2. The fourth-order valence-electron chi connectivity index (χ4n) is 4.38. The standard InChI is InChI=1S/C24H29NO6/c1-4-30-24(28)19-11-25-20(14(2)3)8-15-9-23(31-17-5-6-29-13-17)16(12-26)7-18(15)21(25)10-22(19)27/h7,9-11,14,17,20,26H,4-6,8,12-13H2,1-3H3/t17-,20+/m1/s1. The highest BCUT2D eigenvalue weighted by Gasteiger charge is 2.30. The van der Waals surface area contributed by atoms with Crippen LogP contribution >= 0.6 is 0 Å². The molecule has 2 aliphatic heterocycles. The van der Waals surface area contributed by atoms with E-state index in [-0.39, 0.29) is 42.3 Å². The van der Waals surface area contributed by atoms with Gasteiger partial charge in [-0.15, -0.1) is 0 Å². The minimum Gasteiger partial charge on any atom is -0.488 e. The molecule has 2 aromatic rings. The van der Waals surface area contributed by atoms with E-state index in [2.05, 4.69) is 13.8 Å². The van der Waals surface area contributed by atoms with Crippen molar-refractivity contribution < 1.29 is 24.1 Å². The summed E-state index contributed by atoms with van der Waals surface area (Å²) in [6.45, 7) is 7.23. The number of pyridine rings is 1. The van der Waals surface area contributed by atoms with Crippen LogP contribution in [0.25, 0.3) is 11.3 Å². The minimum atomic E-state index is -0.602. The fraction of sp³-hybridized carbons (Fsp3) is 0.500. The molecule has 3 heterocycles. The van der Waals surface area contributed by atoms with Crippen molar-refractivity contribution >= 4 is 5.97 Å². The molecule has 166 valence electrons. The quantitative estimate of drug-likeness (QED) is 0.713. The van der Waals surface area contributed by atoms with E-state index in [1.807, 2.05) is 16.7 Å². The molecule has 31 heavy (non-hydrogen) atoms. The molecular formula is C24H29NO6. The largest absolute Gasteiger partial charge is 0.488 e. The predicted octanol–water partition coefficient (Wildman–Crippen LogP) is 3.11. The Balaban J connectivity index is 1.82. The van der Waals surface area contributed by atoms with Gasteiger partial charge in [0.2, 0.25) is 0 Å². The van der Waals surface area contributed by atoms with E-state index in [0.717, 1.165) is 29.7 Å². The maximum atomic E-state index is 12.7. The lowest BCUT2D eigenvalue weighted by atomic mass is 9.86. The molecule has 1 N–H and O–H groups in total. The molecule has 4 rings (SSSR count). The van der Waals surface area contributed by atoms with Crippen molar-refractivity contribution in [2.45, 2.75) is 52.4 Å². The molecule has 1 fully saturated rings. The molecule has 0 unspecified atom stereocenters. The summed E-state index contributed by atoms with van der Waals surface area (Å²) in [5, 5.41) is 9.97. The van der Waals surface area contributed by atoms with Crippen LogP contribution in [-0.4, -0.2) is 41.6 Å². The minimum absolute atomic E-state index is 0.0186. The third-order valence-electron chi connectivity index (χ3n) is 6.05. The van der Waals surface area contributed by atoms with Crippen molar-refractivity contribution in [1.82, 2.24) is 4.57 Å². The van der Waals surface area contributed by atoms with Crippen molar-refractivity contribution in [3.63, 3.8) is 0 Å². The van der Waals surface area contributed by atoms with Gasteiger partial charge in [0.15, 0.2) is 5.43 Å². The lowest BCUT2D eigenvalue weighted by Crippen LogP contribution is -2.29. The number of aliphatic hydroxyl groups is 1. The van der Waals surface area contributed by atoms with Crippen LogP contribution in [0.5, 0.6) is 5.75 Å². The van der Waals surface area contributed by atoms with Gasteiger partial charge < -0.3 is 23.9 Å². The summed E-state index contributed by atoms with van der Waals surface area (Å²) in [6.07, 6.45) is 3.16. The smallest absolute Gasteiger partial charge is 0.343 e. The van der Waals surface area contributed by atoms with Crippen LogP contribution < -0.4 is 10.2 Å². The number of rotatable bonds is 6. The molecule has 0 bridgehead atoms. The normalized spacial score (nSPS) is 19.8. The average Bonchev–Trinajstić information content (AvgIpc) is 3.25. The van der Waals surface area contributed by atoms with Gasteiger partial charge in [-0.2, -0.15) is 0 Å². The van der Waals surface area contributed by atoms with Crippen LogP contribution in [0, 0.1) is 5.92 Å². The van der Waals surface area contributed by atoms with Crippen LogP contribution in [-0.2, 0) is 22.5 Å². The summed E-state index contributed by atoms with van der Waals surface area (Å²) in [5.41, 5.74) is 3.03. The van der Waals surface area contributed by atoms with Gasteiger partial charge in [0.05, 0.1) is 32.1 Å². The Morgan fingerprint density at radius 1 is 1.32 bits per heavy atom. The zero-order chi connectivity index (χ0) is 22.1. The number of benzene rings is 1. The molecule has 0 aliphatic carbocycles.